The van der Waals surface area contributed by atoms with Gasteiger partial charge >= 0.3 is 6.18 Å². The van der Waals surface area contributed by atoms with Crippen LogP contribution >= 0.6 is 0 Å². The molecule has 2 saturated carbocycles. The molecular weight excluding hydrogens is 505 g/mol. The number of amides is 1. The Balaban J connectivity index is 1.38. The minimum atomic E-state index is -4.42. The van der Waals surface area contributed by atoms with Gasteiger partial charge < -0.3 is 19.6 Å². The number of piperidine rings is 1. The molecule has 1 heterocycles. The van der Waals surface area contributed by atoms with E-state index in [-0.39, 0.29) is 17.7 Å². The quantitative estimate of drug-likeness (QED) is 0.529. The summed E-state index contributed by atoms with van der Waals surface area (Å²) in [5.41, 5.74) is -0.206. The fourth-order valence-electron chi connectivity index (χ4n) is 6.64. The van der Waals surface area contributed by atoms with Gasteiger partial charge in [0.1, 0.15) is 5.75 Å². The van der Waals surface area contributed by atoms with Crippen LogP contribution in [0.4, 0.5) is 13.2 Å². The van der Waals surface area contributed by atoms with Crippen molar-refractivity contribution in [1.29, 1.82) is 0 Å². The lowest BCUT2D eigenvalue weighted by atomic mass is 9.55. The van der Waals surface area contributed by atoms with E-state index in [0.29, 0.717) is 12.0 Å². The summed E-state index contributed by atoms with van der Waals surface area (Å²) in [5, 5.41) is 10.4. The number of hydrogen-bond acceptors (Lipinski definition) is 4. The van der Waals surface area contributed by atoms with E-state index in [1.807, 2.05) is 12.1 Å². The van der Waals surface area contributed by atoms with E-state index in [4.69, 9.17) is 4.74 Å². The Morgan fingerprint density at radius 3 is 2.54 bits per heavy atom. The molecular formula is C31H35F3N2O3. The molecule has 1 saturated heterocycles. The molecule has 0 spiro atoms. The third-order valence-electron chi connectivity index (χ3n) is 9.07. The van der Waals surface area contributed by atoms with Gasteiger partial charge in [0.15, 0.2) is 0 Å². The number of hydrogen-bond donors (Lipinski definition) is 1. The number of phenolic OH excluding ortho intramolecular Hbond substituents is 1. The molecule has 1 N–H and O–H groups in total. The number of ether oxygens (including phenoxy) is 1. The van der Waals surface area contributed by atoms with Crippen molar-refractivity contribution in [1.82, 2.24) is 9.80 Å². The number of phenols is 1. The monoisotopic (exact) mass is 540 g/mol. The van der Waals surface area contributed by atoms with Crippen molar-refractivity contribution in [3.63, 3.8) is 0 Å². The number of aromatic hydroxyl groups is 1. The normalized spacial score (nSPS) is 27.3. The van der Waals surface area contributed by atoms with Crippen molar-refractivity contribution in [2.45, 2.75) is 61.8 Å². The molecule has 5 rings (SSSR count). The summed E-state index contributed by atoms with van der Waals surface area (Å²) in [6.45, 7) is 2.83. The zero-order chi connectivity index (χ0) is 27.8. The maximum Gasteiger partial charge on any atom is 0.416 e. The molecule has 39 heavy (non-hydrogen) atoms. The van der Waals surface area contributed by atoms with Crippen molar-refractivity contribution >= 4 is 5.91 Å². The Kier molecular flexibility index (Phi) is 7.43. The van der Waals surface area contributed by atoms with Crippen LogP contribution in [0.2, 0.25) is 0 Å². The Bertz CT molecular complexity index is 1260. The number of methoxy groups -OCH3 is 1. The van der Waals surface area contributed by atoms with Crippen molar-refractivity contribution in [2.24, 2.45) is 5.92 Å². The van der Waals surface area contributed by atoms with Crippen molar-refractivity contribution < 1.29 is 27.8 Å². The van der Waals surface area contributed by atoms with Gasteiger partial charge in [0.25, 0.3) is 5.91 Å². The summed E-state index contributed by atoms with van der Waals surface area (Å²) in [6, 6.07) is 11.8. The SMILES string of the molecule is CO[C@]12CC[C@H](N(C)C(=O)C#Cc3ccc(C(F)(F)F)cc3)C[C@]1(c1cccc(O)c1)CCN(CC1CC1)C2. The third kappa shape index (κ3) is 5.53. The van der Waals surface area contributed by atoms with Gasteiger partial charge in [-0.2, -0.15) is 13.2 Å². The smallest absolute Gasteiger partial charge is 0.416 e. The molecule has 2 aromatic carbocycles. The Labute approximate surface area is 227 Å². The number of rotatable bonds is 5. The highest BCUT2D eigenvalue weighted by Gasteiger charge is 2.59. The summed E-state index contributed by atoms with van der Waals surface area (Å²) in [5.74, 6) is 5.96. The second-order valence-electron chi connectivity index (χ2n) is 11.4. The lowest BCUT2D eigenvalue weighted by Crippen LogP contribution is -2.68. The number of carbonyl (C=O) groups excluding carboxylic acids is 1. The highest BCUT2D eigenvalue weighted by Crippen LogP contribution is 2.54. The van der Waals surface area contributed by atoms with E-state index in [1.165, 1.54) is 25.0 Å². The minimum Gasteiger partial charge on any atom is -0.508 e. The molecule has 8 heteroatoms. The zero-order valence-corrected chi connectivity index (χ0v) is 22.4. The number of benzene rings is 2. The molecule has 0 bridgehead atoms. The first-order chi connectivity index (χ1) is 18.5. The average molecular weight is 541 g/mol. The molecule has 1 aliphatic heterocycles. The van der Waals surface area contributed by atoms with Gasteiger partial charge in [-0.3, -0.25) is 4.79 Å². The van der Waals surface area contributed by atoms with Gasteiger partial charge in [-0.05, 0) is 92.9 Å². The van der Waals surface area contributed by atoms with Crippen LogP contribution < -0.4 is 0 Å². The zero-order valence-electron chi connectivity index (χ0n) is 22.4. The van der Waals surface area contributed by atoms with Crippen LogP contribution in [0.1, 0.15) is 55.2 Å². The summed E-state index contributed by atoms with van der Waals surface area (Å²) < 4.78 is 45.0. The van der Waals surface area contributed by atoms with E-state index in [1.54, 1.807) is 25.1 Å². The number of carbonyl (C=O) groups is 1. The van der Waals surface area contributed by atoms with Crippen LogP contribution in [0.3, 0.4) is 0 Å². The highest BCUT2D eigenvalue weighted by molar-refractivity contribution is 5.94. The third-order valence-corrected chi connectivity index (χ3v) is 9.07. The summed E-state index contributed by atoms with van der Waals surface area (Å²) in [7, 11) is 3.52. The van der Waals surface area contributed by atoms with Crippen molar-refractivity contribution in [2.75, 3.05) is 33.8 Å². The van der Waals surface area contributed by atoms with Gasteiger partial charge in [-0.15, -0.1) is 0 Å². The molecule has 1 amide bonds. The topological polar surface area (TPSA) is 53.0 Å². The lowest BCUT2D eigenvalue weighted by molar-refractivity contribution is -0.159. The number of fused-ring (bicyclic) bond motifs is 1. The van der Waals surface area contributed by atoms with Crippen LogP contribution in [0, 0.1) is 17.8 Å². The molecule has 2 aromatic rings. The second-order valence-corrected chi connectivity index (χ2v) is 11.4. The van der Waals surface area contributed by atoms with Crippen LogP contribution in [0.25, 0.3) is 0 Å². The van der Waals surface area contributed by atoms with Crippen LogP contribution in [-0.2, 0) is 21.1 Å². The molecule has 2 aliphatic carbocycles. The van der Waals surface area contributed by atoms with Gasteiger partial charge in [-0.25, -0.2) is 0 Å². The number of likely N-dealkylation sites (tertiary alicyclic amines) is 1. The number of alkyl halides is 3. The second kappa shape index (κ2) is 10.5. The molecule has 208 valence electrons. The fourth-order valence-corrected chi connectivity index (χ4v) is 6.64. The molecule has 3 aliphatic rings. The largest absolute Gasteiger partial charge is 0.508 e. The highest BCUT2D eigenvalue weighted by atomic mass is 19.4. The Morgan fingerprint density at radius 1 is 1.15 bits per heavy atom. The minimum absolute atomic E-state index is 0.0972. The summed E-state index contributed by atoms with van der Waals surface area (Å²) >= 11 is 0. The molecule has 3 fully saturated rings. The van der Waals surface area contributed by atoms with Gasteiger partial charge in [0, 0.05) is 50.2 Å². The van der Waals surface area contributed by atoms with Crippen molar-refractivity contribution in [3.8, 4) is 17.6 Å². The van der Waals surface area contributed by atoms with Crippen LogP contribution in [0.5, 0.6) is 5.75 Å². The molecule has 0 radical (unpaired) electrons. The van der Waals surface area contributed by atoms with E-state index >= 15 is 0 Å². The van der Waals surface area contributed by atoms with E-state index in [9.17, 15) is 23.1 Å². The summed E-state index contributed by atoms with van der Waals surface area (Å²) in [4.78, 5) is 17.3. The molecule has 5 nitrogen and oxygen atoms in total. The van der Waals surface area contributed by atoms with Gasteiger partial charge in [0.05, 0.1) is 11.2 Å². The maximum atomic E-state index is 13.1. The predicted molar refractivity (Wildman–Crippen MR) is 142 cm³/mol. The van der Waals surface area contributed by atoms with E-state index < -0.39 is 22.8 Å². The predicted octanol–water partition coefficient (Wildman–Crippen LogP) is 5.21. The van der Waals surface area contributed by atoms with Crippen LogP contribution in [-0.4, -0.2) is 66.2 Å². The first-order valence-corrected chi connectivity index (χ1v) is 13.6. The lowest BCUT2D eigenvalue weighted by Gasteiger charge is -2.60. The van der Waals surface area contributed by atoms with Gasteiger partial charge in [0.2, 0.25) is 0 Å². The standard InChI is InChI=1S/C31H35F3N2O3/c1-35(28(38)13-10-22-8-11-24(12-9-22)31(32,33)34)26-14-15-30(39-2)21-36(20-23-6-7-23)17-16-29(30,19-26)25-4-3-5-27(37)18-25/h3-5,8-9,11-12,18,23,26,37H,6-7,14-17,19-21H2,1-2H3/t26-,29-,30-/m0/s1. The van der Waals surface area contributed by atoms with E-state index in [2.05, 4.69) is 22.8 Å². The first kappa shape index (κ1) is 27.5. The first-order valence-electron chi connectivity index (χ1n) is 13.6. The fraction of sp³-hybridized carbons (Fsp3) is 0.516. The number of halogens is 3. The van der Waals surface area contributed by atoms with Crippen LogP contribution in [0.15, 0.2) is 48.5 Å². The Morgan fingerprint density at radius 2 is 1.90 bits per heavy atom. The number of nitrogens with zero attached hydrogens (tertiary/aromatic N) is 2. The van der Waals surface area contributed by atoms with Crippen molar-refractivity contribution in [3.05, 3.63) is 65.2 Å². The molecule has 0 aromatic heterocycles. The average Bonchev–Trinajstić information content (AvgIpc) is 3.74. The molecule has 3 atom stereocenters. The Hall–Kier alpha value is -3.02. The maximum absolute atomic E-state index is 13.1. The van der Waals surface area contributed by atoms with Gasteiger partial charge in [-0.1, -0.05) is 18.1 Å². The molecule has 0 unspecified atom stereocenters. The summed E-state index contributed by atoms with van der Waals surface area (Å²) in [6.07, 6.45) is 1.19. The van der Waals surface area contributed by atoms with E-state index in [0.717, 1.165) is 62.5 Å².